The van der Waals surface area contributed by atoms with E-state index >= 15 is 0 Å². The topological polar surface area (TPSA) is 21.5 Å². The minimum absolute atomic E-state index is 0. The molecule has 0 atom stereocenters. The van der Waals surface area contributed by atoms with Crippen LogP contribution in [0, 0.1) is 0 Å². The third-order valence-corrected chi connectivity index (χ3v) is 7.72. The predicted octanol–water partition coefficient (Wildman–Crippen LogP) is 6.01. The summed E-state index contributed by atoms with van der Waals surface area (Å²) in [7, 11) is 1.75. The van der Waals surface area contributed by atoms with Crippen LogP contribution in [0.5, 0.6) is 11.5 Å². The van der Waals surface area contributed by atoms with Gasteiger partial charge in [0.15, 0.2) is 23.8 Å². The molecule has 0 saturated heterocycles. The van der Waals surface area contributed by atoms with E-state index in [-0.39, 0.29) is 24.0 Å². The molecule has 5 heteroatoms. The molecule has 3 nitrogen and oxygen atoms in total. The summed E-state index contributed by atoms with van der Waals surface area (Å²) < 4.78 is 14.7. The number of hydrogen-bond donors (Lipinski definition) is 0. The molecule has 2 aromatic rings. The molecule has 1 aliphatic rings. The first-order valence-electron chi connectivity index (χ1n) is 14.4. The van der Waals surface area contributed by atoms with Crippen LogP contribution in [0.4, 0.5) is 0 Å². The van der Waals surface area contributed by atoms with E-state index in [1.807, 2.05) is 12.1 Å². The molecular weight excluding hydrogens is 593 g/mol. The second kappa shape index (κ2) is 18.1. The molecule has 0 bridgehead atoms. The Kier molecular flexibility index (Phi) is 15.6. The highest BCUT2D eigenvalue weighted by molar-refractivity contribution is 6.31. The van der Waals surface area contributed by atoms with E-state index in [0.29, 0.717) is 0 Å². The van der Waals surface area contributed by atoms with Gasteiger partial charge in [0.2, 0.25) is 0 Å². The smallest absolute Gasteiger partial charge is 0.184 e. The Bertz CT molecular complexity index is 975. The number of halogens is 2. The summed E-state index contributed by atoms with van der Waals surface area (Å²) in [4.78, 5) is 0. The summed E-state index contributed by atoms with van der Waals surface area (Å²) in [6.45, 7) is 7.12. The lowest BCUT2D eigenvalue weighted by Gasteiger charge is -2.23. The van der Waals surface area contributed by atoms with Gasteiger partial charge in [0.05, 0.1) is 18.7 Å². The van der Waals surface area contributed by atoms with Gasteiger partial charge in [0, 0.05) is 29.5 Å². The van der Waals surface area contributed by atoms with Crippen molar-refractivity contribution in [3.05, 3.63) is 58.1 Å². The lowest BCUT2D eigenvalue weighted by atomic mass is 9.92. The van der Waals surface area contributed by atoms with Gasteiger partial charge in [-0.05, 0) is 31.0 Å². The van der Waals surface area contributed by atoms with Crippen LogP contribution in [-0.4, -0.2) is 30.5 Å². The van der Waals surface area contributed by atoms with Gasteiger partial charge in [0.25, 0.3) is 0 Å². The highest BCUT2D eigenvalue weighted by atomic mass is 127. The molecule has 0 radical (unpaired) electrons. The molecule has 37 heavy (non-hydrogen) atoms. The zero-order valence-electron chi connectivity index (χ0n) is 23.3. The van der Waals surface area contributed by atoms with Crippen LogP contribution in [0.25, 0.3) is 0 Å². The van der Waals surface area contributed by atoms with Crippen LogP contribution < -0.4 is 33.5 Å². The van der Waals surface area contributed by atoms with Gasteiger partial charge >= 0.3 is 0 Å². The second-order valence-corrected chi connectivity index (χ2v) is 10.5. The fraction of sp³-hybridized carbons (Fsp3) is 0.594. The molecule has 1 aliphatic heterocycles. The monoisotopic (exact) mass is 639 g/mol. The van der Waals surface area contributed by atoms with Crippen LogP contribution >= 0.6 is 11.6 Å². The molecule has 0 N–H and O–H groups in total. The van der Waals surface area contributed by atoms with Crippen molar-refractivity contribution in [2.24, 2.45) is 0 Å². The molecule has 0 aromatic heterocycles. The molecule has 1 heterocycles. The molecular formula is C32H47ClINO2. The number of nitrogens with zero attached hydrogens (tertiary/aromatic N) is 1. The largest absolute Gasteiger partial charge is 1.00 e. The number of rotatable bonds is 17. The maximum Gasteiger partial charge on any atom is 0.184 e. The third kappa shape index (κ3) is 9.76. The Morgan fingerprint density at radius 1 is 0.838 bits per heavy atom. The van der Waals surface area contributed by atoms with E-state index < -0.39 is 0 Å². The van der Waals surface area contributed by atoms with Crippen molar-refractivity contribution in [3.8, 4) is 11.5 Å². The first kappa shape index (κ1) is 31.9. The molecule has 0 fully saturated rings. The lowest BCUT2D eigenvalue weighted by molar-refractivity contribution is -0.545. The summed E-state index contributed by atoms with van der Waals surface area (Å²) in [6.07, 6.45) is 16.0. The first-order chi connectivity index (χ1) is 17.7. The number of ether oxygens (including phenoxy) is 2. The van der Waals surface area contributed by atoms with Gasteiger partial charge in [-0.2, -0.15) is 0 Å². The van der Waals surface area contributed by atoms with E-state index in [4.69, 9.17) is 21.1 Å². The third-order valence-electron chi connectivity index (χ3n) is 7.35. The van der Waals surface area contributed by atoms with E-state index in [1.165, 1.54) is 86.6 Å². The Labute approximate surface area is 248 Å². The Morgan fingerprint density at radius 2 is 1.51 bits per heavy atom. The second-order valence-electron chi connectivity index (χ2n) is 10.1. The van der Waals surface area contributed by atoms with Gasteiger partial charge in [-0.3, -0.25) is 0 Å². The summed E-state index contributed by atoms with van der Waals surface area (Å²) >= 11 is 6.56. The molecule has 0 saturated carbocycles. The van der Waals surface area contributed by atoms with Crippen LogP contribution in [0.2, 0.25) is 5.02 Å². The van der Waals surface area contributed by atoms with Gasteiger partial charge < -0.3 is 33.5 Å². The van der Waals surface area contributed by atoms with Crippen LogP contribution in [0.1, 0.15) is 108 Å². The van der Waals surface area contributed by atoms with Crippen molar-refractivity contribution in [3.63, 3.8) is 0 Å². The number of fused-ring (bicyclic) bond motifs is 1. The summed E-state index contributed by atoms with van der Waals surface area (Å²) in [5, 5.41) is 0.850. The molecule has 3 rings (SSSR count). The predicted molar refractivity (Wildman–Crippen MR) is 153 cm³/mol. The van der Waals surface area contributed by atoms with E-state index in [1.54, 1.807) is 7.11 Å². The number of unbranched alkanes of at least 4 members (excludes halogenated alkanes) is 9. The normalized spacial score (nSPS) is 12.8. The zero-order chi connectivity index (χ0) is 25.6. The maximum absolute atomic E-state index is 6.56. The van der Waals surface area contributed by atoms with Crippen LogP contribution in [0.15, 0.2) is 36.4 Å². The van der Waals surface area contributed by atoms with Gasteiger partial charge in [-0.15, -0.1) is 0 Å². The quantitative estimate of drug-likeness (QED) is 0.120. The lowest BCUT2D eigenvalue weighted by Crippen LogP contribution is -3.00. The van der Waals surface area contributed by atoms with Crippen molar-refractivity contribution in [1.29, 1.82) is 0 Å². The van der Waals surface area contributed by atoms with Crippen molar-refractivity contribution >= 4 is 17.3 Å². The molecule has 206 valence electrons. The average molecular weight is 640 g/mol. The van der Waals surface area contributed by atoms with Crippen LogP contribution in [0.3, 0.4) is 0 Å². The fourth-order valence-corrected chi connectivity index (χ4v) is 5.44. The minimum Gasteiger partial charge on any atom is -1.00 e. The molecule has 0 spiro atoms. The first-order valence-corrected chi connectivity index (χ1v) is 14.7. The molecule has 0 amide bonds. The van der Waals surface area contributed by atoms with E-state index in [2.05, 4.69) is 42.7 Å². The number of methoxy groups -OCH3 is 1. The Balaban J connectivity index is 0.00000481. The highest BCUT2D eigenvalue weighted by Gasteiger charge is 2.30. The van der Waals surface area contributed by atoms with Gasteiger partial charge in [0.1, 0.15) is 6.54 Å². The zero-order valence-corrected chi connectivity index (χ0v) is 26.2. The highest BCUT2D eigenvalue weighted by Crippen LogP contribution is 2.37. The maximum atomic E-state index is 6.56. The van der Waals surface area contributed by atoms with Crippen molar-refractivity contribution < 1.29 is 38.0 Å². The van der Waals surface area contributed by atoms with Gasteiger partial charge in [-0.25, -0.2) is 4.58 Å². The Morgan fingerprint density at radius 3 is 2.22 bits per heavy atom. The Hall–Kier alpha value is -1.27. The SMILES string of the molecule is CCCCCCCCOc1c(OC)ccc2c1CC[N+](Cc1ccccc1Cl)=C2CCCCCCC.[I-]. The molecule has 0 aliphatic carbocycles. The van der Waals surface area contributed by atoms with Crippen LogP contribution in [-0.2, 0) is 13.0 Å². The van der Waals surface area contributed by atoms with E-state index in [9.17, 15) is 0 Å². The van der Waals surface area contributed by atoms with Gasteiger partial charge in [-0.1, -0.05) is 101 Å². The number of benzene rings is 2. The molecule has 0 unspecified atom stereocenters. The molecule has 2 aromatic carbocycles. The summed E-state index contributed by atoms with van der Waals surface area (Å²) in [5.74, 6) is 1.83. The summed E-state index contributed by atoms with van der Waals surface area (Å²) in [6, 6.07) is 12.6. The summed E-state index contributed by atoms with van der Waals surface area (Å²) in [5.41, 5.74) is 5.28. The standard InChI is InChI=1S/C32H47ClNO2.HI/c1-4-6-8-10-12-16-24-36-32-28-22-23-34(25-26-17-14-15-18-29(26)33)30(19-13-11-9-7-5-2)27(28)20-21-31(32)35-3;/h14-15,17-18,20-21H,4-13,16,19,22-25H2,1-3H3;1H/q+1;/p-1. The van der Waals surface area contributed by atoms with Crippen molar-refractivity contribution in [2.45, 2.75) is 104 Å². The van der Waals surface area contributed by atoms with Crippen molar-refractivity contribution in [1.82, 2.24) is 0 Å². The number of hydrogen-bond acceptors (Lipinski definition) is 2. The van der Waals surface area contributed by atoms with Crippen molar-refractivity contribution in [2.75, 3.05) is 20.3 Å². The minimum atomic E-state index is 0. The average Bonchev–Trinajstić information content (AvgIpc) is 2.90. The fourth-order valence-electron chi connectivity index (χ4n) is 5.25. The van der Waals surface area contributed by atoms with E-state index in [0.717, 1.165) is 55.5 Å².